The number of carbonyl (C=O) groups excluding carboxylic acids is 1. The summed E-state index contributed by atoms with van der Waals surface area (Å²) in [5.74, 6) is -0.0351. The Labute approximate surface area is 138 Å². The third-order valence-corrected chi connectivity index (χ3v) is 3.84. The van der Waals surface area contributed by atoms with E-state index in [2.05, 4.69) is 5.10 Å². The van der Waals surface area contributed by atoms with Crippen LogP contribution in [0, 0.1) is 0 Å². The molecule has 112 valence electrons. The molecule has 0 radical (unpaired) electrons. The van der Waals surface area contributed by atoms with Crippen LogP contribution in [-0.4, -0.2) is 28.2 Å². The molecule has 3 rings (SSSR count). The quantitative estimate of drug-likeness (QED) is 0.628. The van der Waals surface area contributed by atoms with E-state index >= 15 is 0 Å². The van der Waals surface area contributed by atoms with Gasteiger partial charge in [0.2, 0.25) is 0 Å². The van der Waals surface area contributed by atoms with Gasteiger partial charge in [0.25, 0.3) is 0 Å². The van der Waals surface area contributed by atoms with Gasteiger partial charge < -0.3 is 0 Å². The summed E-state index contributed by atoms with van der Waals surface area (Å²) in [5, 5.41) is 6.49. The highest BCUT2D eigenvalue weighted by Gasteiger charge is 2.30. The molecule has 4 nitrogen and oxygen atoms in total. The number of carbonyl (C=O) groups is 1. The molecule has 0 spiro atoms. The Bertz CT molecular complexity index is 688. The highest BCUT2D eigenvalue weighted by atomic mass is 35.5. The number of benzene rings is 2. The van der Waals surface area contributed by atoms with Crippen LogP contribution >= 0.6 is 23.4 Å². The van der Waals surface area contributed by atoms with Gasteiger partial charge in [-0.15, -0.1) is 0 Å². The molecule has 0 fully saturated rings. The normalized spacial score (nSPS) is 15.2. The van der Waals surface area contributed by atoms with E-state index in [-0.39, 0.29) is 5.78 Å². The number of rotatable bonds is 4. The SMILES string of the molecule is O=C(c1ccccc1)C(c1ccc(Cl)cc1)N1CN(Cl)C=N1. The summed E-state index contributed by atoms with van der Waals surface area (Å²) in [5.41, 5.74) is 1.45. The van der Waals surface area contributed by atoms with Crippen molar-refractivity contribution in [2.24, 2.45) is 5.10 Å². The van der Waals surface area contributed by atoms with Crippen molar-refractivity contribution in [3.8, 4) is 0 Å². The highest BCUT2D eigenvalue weighted by molar-refractivity contribution is 6.30. The fraction of sp³-hybridized carbons (Fsp3) is 0.125. The third-order valence-electron chi connectivity index (χ3n) is 3.40. The van der Waals surface area contributed by atoms with Gasteiger partial charge in [0.1, 0.15) is 19.0 Å². The van der Waals surface area contributed by atoms with Gasteiger partial charge in [-0.25, -0.2) is 0 Å². The minimum absolute atomic E-state index is 0.0351. The van der Waals surface area contributed by atoms with Crippen molar-refractivity contribution in [2.45, 2.75) is 6.04 Å². The Morgan fingerprint density at radius 1 is 1.09 bits per heavy atom. The second-order valence-electron chi connectivity index (χ2n) is 4.90. The Balaban J connectivity index is 1.98. The monoisotopic (exact) mass is 333 g/mol. The van der Waals surface area contributed by atoms with Crippen molar-refractivity contribution in [3.63, 3.8) is 0 Å². The first-order valence-electron chi connectivity index (χ1n) is 6.73. The largest absolute Gasteiger partial charge is 0.291 e. The Kier molecular flexibility index (Phi) is 4.32. The molecule has 1 aliphatic rings. The highest BCUT2D eigenvalue weighted by Crippen LogP contribution is 2.28. The summed E-state index contributed by atoms with van der Waals surface area (Å²) in [6, 6.07) is 15.8. The number of nitrogens with zero attached hydrogens (tertiary/aromatic N) is 3. The van der Waals surface area contributed by atoms with Crippen LogP contribution in [0.5, 0.6) is 0 Å². The smallest absolute Gasteiger partial charge is 0.191 e. The minimum atomic E-state index is -0.542. The second-order valence-corrected chi connectivity index (χ2v) is 5.77. The standard InChI is InChI=1S/C16H13Cl2N3O/c17-14-8-6-12(7-9-14)15(21-11-20(18)10-19-21)16(22)13-4-2-1-3-5-13/h1-10,15H,11H2. The predicted molar refractivity (Wildman–Crippen MR) is 87.9 cm³/mol. The average molecular weight is 334 g/mol. The predicted octanol–water partition coefficient (Wildman–Crippen LogP) is 3.94. The second kappa shape index (κ2) is 6.38. The van der Waals surface area contributed by atoms with E-state index in [0.29, 0.717) is 17.3 Å². The minimum Gasteiger partial charge on any atom is -0.291 e. The molecular weight excluding hydrogens is 321 g/mol. The van der Waals surface area contributed by atoms with Crippen LogP contribution in [0.2, 0.25) is 5.02 Å². The number of Topliss-reactive ketones (excluding diaryl/α,β-unsaturated/α-hetero) is 1. The Morgan fingerprint density at radius 3 is 2.36 bits per heavy atom. The zero-order valence-corrected chi connectivity index (χ0v) is 13.1. The summed E-state index contributed by atoms with van der Waals surface area (Å²) < 4.78 is 1.40. The van der Waals surface area contributed by atoms with Gasteiger partial charge in [-0.2, -0.15) is 5.10 Å². The molecular formula is C16H13Cl2N3O. The molecule has 0 aromatic heterocycles. The van der Waals surface area contributed by atoms with E-state index in [0.717, 1.165) is 5.56 Å². The molecule has 0 amide bonds. The molecule has 2 aromatic rings. The zero-order chi connectivity index (χ0) is 15.5. The lowest BCUT2D eigenvalue weighted by Gasteiger charge is -2.25. The fourth-order valence-corrected chi connectivity index (χ4v) is 2.62. The van der Waals surface area contributed by atoms with Gasteiger partial charge in [-0.05, 0) is 17.7 Å². The van der Waals surface area contributed by atoms with E-state index in [1.54, 1.807) is 29.3 Å². The average Bonchev–Trinajstić information content (AvgIpc) is 2.96. The van der Waals surface area contributed by atoms with Gasteiger partial charge in [-0.1, -0.05) is 54.1 Å². The Morgan fingerprint density at radius 2 is 1.77 bits per heavy atom. The first kappa shape index (κ1) is 14.9. The molecule has 6 heteroatoms. The van der Waals surface area contributed by atoms with Crippen molar-refractivity contribution in [3.05, 3.63) is 70.7 Å². The summed E-state index contributed by atoms with van der Waals surface area (Å²) in [4.78, 5) is 12.9. The van der Waals surface area contributed by atoms with Crippen molar-refractivity contribution in [2.75, 3.05) is 6.67 Å². The molecule has 1 unspecified atom stereocenters. The molecule has 22 heavy (non-hydrogen) atoms. The molecule has 0 N–H and O–H groups in total. The lowest BCUT2D eigenvalue weighted by atomic mass is 9.97. The zero-order valence-electron chi connectivity index (χ0n) is 11.6. The summed E-state index contributed by atoms with van der Waals surface area (Å²) >= 11 is 11.9. The number of hydrogen-bond donors (Lipinski definition) is 0. The van der Waals surface area contributed by atoms with Gasteiger partial charge in [0, 0.05) is 22.4 Å². The number of hydrazone groups is 1. The molecule has 1 aliphatic heterocycles. The number of hydrogen-bond acceptors (Lipinski definition) is 4. The third kappa shape index (κ3) is 3.08. The first-order chi connectivity index (χ1) is 10.6. The van der Waals surface area contributed by atoms with Crippen molar-refractivity contribution >= 4 is 35.5 Å². The lowest BCUT2D eigenvalue weighted by molar-refractivity contribution is 0.0817. The van der Waals surface area contributed by atoms with Gasteiger partial charge in [-0.3, -0.25) is 14.2 Å². The van der Waals surface area contributed by atoms with Gasteiger partial charge in [0.15, 0.2) is 5.78 Å². The fourth-order valence-electron chi connectivity index (χ4n) is 2.35. The van der Waals surface area contributed by atoms with Crippen LogP contribution in [0.1, 0.15) is 22.0 Å². The van der Waals surface area contributed by atoms with E-state index in [9.17, 15) is 4.79 Å². The number of halogens is 2. The van der Waals surface area contributed by atoms with E-state index in [4.69, 9.17) is 23.4 Å². The molecule has 1 heterocycles. The van der Waals surface area contributed by atoms with E-state index < -0.39 is 6.04 Å². The van der Waals surface area contributed by atoms with Gasteiger partial charge >= 0.3 is 0 Å². The van der Waals surface area contributed by atoms with Crippen LogP contribution in [0.25, 0.3) is 0 Å². The van der Waals surface area contributed by atoms with Gasteiger partial charge in [0.05, 0.1) is 0 Å². The van der Waals surface area contributed by atoms with Crippen LogP contribution < -0.4 is 0 Å². The van der Waals surface area contributed by atoms with Crippen molar-refractivity contribution < 1.29 is 4.79 Å². The van der Waals surface area contributed by atoms with Crippen molar-refractivity contribution in [1.82, 2.24) is 9.43 Å². The van der Waals surface area contributed by atoms with Crippen LogP contribution in [0.15, 0.2) is 59.7 Å². The molecule has 0 saturated heterocycles. The van der Waals surface area contributed by atoms with Crippen LogP contribution in [0.4, 0.5) is 0 Å². The summed E-state index contributed by atoms with van der Waals surface area (Å²) in [6.45, 7) is 0.341. The Hall–Kier alpha value is -2.04. The summed E-state index contributed by atoms with van der Waals surface area (Å²) in [6.07, 6.45) is 1.49. The maximum Gasteiger partial charge on any atom is 0.191 e. The van der Waals surface area contributed by atoms with Crippen molar-refractivity contribution in [1.29, 1.82) is 0 Å². The lowest BCUT2D eigenvalue weighted by Crippen LogP contribution is -2.31. The molecule has 0 aliphatic carbocycles. The molecule has 0 bridgehead atoms. The number of ketones is 1. The maximum atomic E-state index is 12.9. The molecule has 1 atom stereocenters. The maximum absolute atomic E-state index is 12.9. The summed E-state index contributed by atoms with van der Waals surface area (Å²) in [7, 11) is 0. The van der Waals surface area contributed by atoms with E-state index in [1.165, 1.54) is 10.8 Å². The van der Waals surface area contributed by atoms with Crippen LogP contribution in [-0.2, 0) is 0 Å². The first-order valence-corrected chi connectivity index (χ1v) is 7.44. The topological polar surface area (TPSA) is 35.9 Å². The van der Waals surface area contributed by atoms with E-state index in [1.807, 2.05) is 30.3 Å². The molecule has 2 aromatic carbocycles. The molecule has 0 saturated carbocycles. The van der Waals surface area contributed by atoms with Crippen LogP contribution in [0.3, 0.4) is 0 Å².